The standard InChI is InChI=1S/C22H28N4O6/c23-11-3-1-2-4-12-24-18(28)13-32-16-9-5-7-14-19(16)22(31)26(21(14)30)15-8-6-10-17(27)25-20(15)29/h5,7,9,15H,1-4,6,8,10-13,23H2,(H,24,28)(H,25,27,29)/t15-/m0/s1. The number of unbranched alkanes of at least 4 members (excludes halogenated alkanes) is 3. The fourth-order valence-electron chi connectivity index (χ4n) is 3.84. The molecule has 1 saturated heterocycles. The van der Waals surface area contributed by atoms with Crippen molar-refractivity contribution in [2.75, 3.05) is 19.7 Å². The van der Waals surface area contributed by atoms with Gasteiger partial charge in [-0.05, 0) is 44.4 Å². The number of ether oxygens (including phenoxy) is 1. The zero-order chi connectivity index (χ0) is 23.1. The number of benzene rings is 1. The number of hydrogen-bond acceptors (Lipinski definition) is 7. The largest absolute Gasteiger partial charge is 0.483 e. The molecule has 172 valence electrons. The van der Waals surface area contributed by atoms with E-state index < -0.39 is 29.7 Å². The monoisotopic (exact) mass is 444 g/mol. The Hall–Kier alpha value is -3.27. The average molecular weight is 444 g/mol. The summed E-state index contributed by atoms with van der Waals surface area (Å²) in [4.78, 5) is 62.9. The molecule has 4 N–H and O–H groups in total. The maximum atomic E-state index is 13.1. The molecule has 1 aromatic rings. The van der Waals surface area contributed by atoms with Crippen LogP contribution in [-0.4, -0.2) is 60.2 Å². The third-order valence-corrected chi connectivity index (χ3v) is 5.48. The van der Waals surface area contributed by atoms with Crippen LogP contribution in [0.15, 0.2) is 18.2 Å². The van der Waals surface area contributed by atoms with E-state index in [-0.39, 0.29) is 42.2 Å². The summed E-state index contributed by atoms with van der Waals surface area (Å²) in [5.41, 5.74) is 5.58. The summed E-state index contributed by atoms with van der Waals surface area (Å²) >= 11 is 0. The molecule has 0 unspecified atom stereocenters. The number of carbonyl (C=O) groups is 5. The molecule has 3 rings (SSSR count). The van der Waals surface area contributed by atoms with Gasteiger partial charge in [-0.15, -0.1) is 0 Å². The van der Waals surface area contributed by atoms with E-state index in [0.717, 1.165) is 30.6 Å². The van der Waals surface area contributed by atoms with Crippen LogP contribution in [0.5, 0.6) is 5.75 Å². The molecule has 2 aliphatic heterocycles. The van der Waals surface area contributed by atoms with Crippen LogP contribution in [0.4, 0.5) is 0 Å². The Balaban J connectivity index is 1.63. The lowest BCUT2D eigenvalue weighted by molar-refractivity contribution is -0.131. The van der Waals surface area contributed by atoms with E-state index in [1.165, 1.54) is 12.1 Å². The number of rotatable bonds is 10. The second-order valence-electron chi connectivity index (χ2n) is 7.82. The summed E-state index contributed by atoms with van der Waals surface area (Å²) in [7, 11) is 0. The van der Waals surface area contributed by atoms with Gasteiger partial charge in [0.05, 0.1) is 11.1 Å². The van der Waals surface area contributed by atoms with Crippen LogP contribution in [0.25, 0.3) is 0 Å². The van der Waals surface area contributed by atoms with Gasteiger partial charge in [-0.2, -0.15) is 0 Å². The quantitative estimate of drug-likeness (QED) is 0.351. The normalized spacial score (nSPS) is 18.3. The number of nitrogens with zero attached hydrogens (tertiary/aromatic N) is 1. The third-order valence-electron chi connectivity index (χ3n) is 5.48. The van der Waals surface area contributed by atoms with Crippen molar-refractivity contribution >= 4 is 29.5 Å². The van der Waals surface area contributed by atoms with E-state index >= 15 is 0 Å². The maximum absolute atomic E-state index is 13.1. The number of nitrogens with two attached hydrogens (primary N) is 1. The van der Waals surface area contributed by atoms with E-state index in [2.05, 4.69) is 10.6 Å². The minimum Gasteiger partial charge on any atom is -0.483 e. The minimum absolute atomic E-state index is 0.0236. The Morgan fingerprint density at radius 1 is 1.12 bits per heavy atom. The van der Waals surface area contributed by atoms with Crippen LogP contribution in [0.1, 0.15) is 65.7 Å². The average Bonchev–Trinajstić information content (AvgIpc) is 2.90. The number of carbonyl (C=O) groups excluding carboxylic acids is 5. The first-order chi connectivity index (χ1) is 15.4. The molecule has 32 heavy (non-hydrogen) atoms. The summed E-state index contributed by atoms with van der Waals surface area (Å²) in [6.07, 6.45) is 4.51. The first kappa shape index (κ1) is 23.4. The van der Waals surface area contributed by atoms with E-state index in [9.17, 15) is 24.0 Å². The van der Waals surface area contributed by atoms with Gasteiger partial charge < -0.3 is 15.8 Å². The van der Waals surface area contributed by atoms with Crippen molar-refractivity contribution in [3.8, 4) is 5.75 Å². The van der Waals surface area contributed by atoms with Crippen molar-refractivity contribution < 1.29 is 28.7 Å². The minimum atomic E-state index is -1.07. The number of hydrogen-bond donors (Lipinski definition) is 3. The molecule has 1 aromatic carbocycles. The smallest absolute Gasteiger partial charge is 0.266 e. The summed E-state index contributed by atoms with van der Waals surface area (Å²) in [5, 5.41) is 4.97. The van der Waals surface area contributed by atoms with E-state index in [4.69, 9.17) is 10.5 Å². The molecule has 0 radical (unpaired) electrons. The van der Waals surface area contributed by atoms with E-state index in [1.807, 2.05) is 0 Å². The Bertz CT molecular complexity index is 916. The molecular formula is C22H28N4O6. The summed E-state index contributed by atoms with van der Waals surface area (Å²) in [5.74, 6) is -2.62. The fraction of sp³-hybridized carbons (Fsp3) is 0.500. The van der Waals surface area contributed by atoms with Crippen LogP contribution in [0, 0.1) is 0 Å². The lowest BCUT2D eigenvalue weighted by Gasteiger charge is -2.23. The first-order valence-electron chi connectivity index (χ1n) is 10.9. The Morgan fingerprint density at radius 2 is 1.91 bits per heavy atom. The van der Waals surface area contributed by atoms with Crippen LogP contribution in [0.2, 0.25) is 0 Å². The highest BCUT2D eigenvalue weighted by Crippen LogP contribution is 2.33. The highest BCUT2D eigenvalue weighted by molar-refractivity contribution is 6.24. The van der Waals surface area contributed by atoms with Gasteiger partial charge in [0.15, 0.2) is 6.61 Å². The predicted octanol–water partition coefficient (Wildman–Crippen LogP) is 0.492. The number of imide groups is 2. The van der Waals surface area contributed by atoms with Crippen LogP contribution in [0.3, 0.4) is 0 Å². The molecule has 0 saturated carbocycles. The summed E-state index contributed by atoms with van der Waals surface area (Å²) < 4.78 is 5.55. The van der Waals surface area contributed by atoms with Gasteiger partial charge in [-0.1, -0.05) is 18.9 Å². The van der Waals surface area contributed by atoms with Crippen molar-refractivity contribution in [3.05, 3.63) is 29.3 Å². The van der Waals surface area contributed by atoms with Crippen molar-refractivity contribution in [1.29, 1.82) is 0 Å². The van der Waals surface area contributed by atoms with Crippen LogP contribution >= 0.6 is 0 Å². The van der Waals surface area contributed by atoms with Gasteiger partial charge >= 0.3 is 0 Å². The molecule has 2 heterocycles. The number of amides is 5. The molecule has 2 aliphatic rings. The fourth-order valence-corrected chi connectivity index (χ4v) is 3.84. The number of nitrogens with one attached hydrogen (secondary N) is 2. The molecule has 5 amide bonds. The van der Waals surface area contributed by atoms with Gasteiger partial charge in [0, 0.05) is 13.0 Å². The van der Waals surface area contributed by atoms with Crippen molar-refractivity contribution in [1.82, 2.24) is 15.5 Å². The molecular weight excluding hydrogens is 416 g/mol. The van der Waals surface area contributed by atoms with Crippen LogP contribution < -0.4 is 21.1 Å². The lowest BCUT2D eigenvalue weighted by atomic mass is 10.1. The summed E-state index contributed by atoms with van der Waals surface area (Å²) in [6, 6.07) is 3.47. The highest BCUT2D eigenvalue weighted by atomic mass is 16.5. The van der Waals surface area contributed by atoms with Crippen LogP contribution in [-0.2, 0) is 14.4 Å². The second kappa shape index (κ2) is 10.9. The van der Waals surface area contributed by atoms with Gasteiger partial charge in [-0.25, -0.2) is 0 Å². The SMILES string of the molecule is NCCCCCCNC(=O)COc1cccc2c1C(=O)N([C@H]1CCCC(=O)NC1=O)C2=O. The van der Waals surface area contributed by atoms with E-state index in [0.29, 0.717) is 19.5 Å². The molecule has 0 aliphatic carbocycles. The van der Waals surface area contributed by atoms with Crippen molar-refractivity contribution in [2.24, 2.45) is 5.73 Å². The van der Waals surface area contributed by atoms with Gasteiger partial charge in [0.2, 0.25) is 11.8 Å². The van der Waals surface area contributed by atoms with E-state index in [1.54, 1.807) is 6.07 Å². The molecule has 0 aromatic heterocycles. The molecule has 0 bridgehead atoms. The molecule has 1 fully saturated rings. The lowest BCUT2D eigenvalue weighted by Crippen LogP contribution is -2.49. The van der Waals surface area contributed by atoms with Gasteiger partial charge in [0.25, 0.3) is 17.7 Å². The second-order valence-corrected chi connectivity index (χ2v) is 7.82. The zero-order valence-corrected chi connectivity index (χ0v) is 17.9. The Morgan fingerprint density at radius 3 is 2.69 bits per heavy atom. The Kier molecular flexibility index (Phi) is 7.93. The van der Waals surface area contributed by atoms with Gasteiger partial charge in [0.1, 0.15) is 11.8 Å². The first-order valence-corrected chi connectivity index (χ1v) is 10.9. The molecule has 0 spiro atoms. The van der Waals surface area contributed by atoms with Gasteiger partial charge in [-0.3, -0.25) is 34.2 Å². The highest BCUT2D eigenvalue weighted by Gasteiger charge is 2.45. The van der Waals surface area contributed by atoms with Crippen molar-refractivity contribution in [3.63, 3.8) is 0 Å². The molecule has 10 heteroatoms. The topological polar surface area (TPSA) is 148 Å². The molecule has 1 atom stereocenters. The number of fused-ring (bicyclic) bond motifs is 1. The third kappa shape index (κ3) is 5.31. The molecule has 10 nitrogen and oxygen atoms in total. The zero-order valence-electron chi connectivity index (χ0n) is 17.9. The summed E-state index contributed by atoms with van der Waals surface area (Å²) in [6.45, 7) is 0.864. The Labute approximate surface area is 185 Å². The maximum Gasteiger partial charge on any atom is 0.266 e. The van der Waals surface area contributed by atoms with Crippen molar-refractivity contribution in [2.45, 2.75) is 51.0 Å². The predicted molar refractivity (Wildman–Crippen MR) is 114 cm³/mol.